The molecule has 1 N–H and O–H groups in total. The van der Waals surface area contributed by atoms with Gasteiger partial charge in [0.1, 0.15) is 5.76 Å². The average molecular weight is 346 g/mol. The van der Waals surface area contributed by atoms with Crippen LogP contribution in [0.2, 0.25) is 0 Å². The first-order valence-corrected chi connectivity index (χ1v) is 9.36. The van der Waals surface area contributed by atoms with Gasteiger partial charge in [-0.15, -0.1) is 0 Å². The van der Waals surface area contributed by atoms with E-state index in [1.807, 2.05) is 6.92 Å². The Morgan fingerprint density at radius 1 is 1.28 bits per heavy atom. The number of hydrogen-bond acceptors (Lipinski definition) is 5. The number of allylic oxidation sites excluding steroid dienone is 1. The van der Waals surface area contributed by atoms with Gasteiger partial charge in [-0.25, -0.2) is 0 Å². The summed E-state index contributed by atoms with van der Waals surface area (Å²) in [5.41, 5.74) is 1.56. The van der Waals surface area contributed by atoms with Crippen molar-refractivity contribution in [2.75, 3.05) is 44.6 Å². The predicted molar refractivity (Wildman–Crippen MR) is 98.4 cm³/mol. The molecule has 3 rings (SSSR count). The molecule has 1 aromatic heterocycles. The van der Waals surface area contributed by atoms with E-state index in [4.69, 9.17) is 4.52 Å². The van der Waals surface area contributed by atoms with Gasteiger partial charge in [-0.2, -0.15) is 0 Å². The van der Waals surface area contributed by atoms with Gasteiger partial charge in [0, 0.05) is 38.8 Å². The minimum Gasteiger partial charge on any atom is -0.360 e. The highest BCUT2D eigenvalue weighted by atomic mass is 16.5. The molecule has 0 aromatic carbocycles. The smallest absolute Gasteiger partial charge is 0.239 e. The molecular formula is C19H30N4O2. The van der Waals surface area contributed by atoms with E-state index < -0.39 is 0 Å². The van der Waals surface area contributed by atoms with Gasteiger partial charge in [-0.05, 0) is 38.5 Å². The highest BCUT2D eigenvalue weighted by Crippen LogP contribution is 2.30. The second-order valence-electron chi connectivity index (χ2n) is 7.56. The Kier molecular flexibility index (Phi) is 5.91. The number of carbonyl (C=O) groups is 1. The zero-order valence-corrected chi connectivity index (χ0v) is 15.6. The third-order valence-electron chi connectivity index (χ3n) is 5.54. The number of aryl methyl sites for hydroxylation is 1. The Hall–Kier alpha value is -1.66. The van der Waals surface area contributed by atoms with E-state index in [1.54, 1.807) is 11.6 Å². The summed E-state index contributed by atoms with van der Waals surface area (Å²) >= 11 is 0. The molecule has 1 aliphatic carbocycles. The van der Waals surface area contributed by atoms with Crippen molar-refractivity contribution in [1.29, 1.82) is 0 Å². The van der Waals surface area contributed by atoms with E-state index >= 15 is 0 Å². The second kappa shape index (κ2) is 8.15. The molecule has 6 heteroatoms. The van der Waals surface area contributed by atoms with Crippen LogP contribution >= 0.6 is 0 Å². The Morgan fingerprint density at radius 2 is 2.00 bits per heavy atom. The number of nitrogens with one attached hydrogen (secondary N) is 1. The van der Waals surface area contributed by atoms with E-state index in [0.29, 0.717) is 24.0 Å². The molecule has 0 radical (unpaired) electrons. The zero-order valence-electron chi connectivity index (χ0n) is 15.6. The van der Waals surface area contributed by atoms with Crippen molar-refractivity contribution in [3.63, 3.8) is 0 Å². The molecule has 1 saturated heterocycles. The molecule has 25 heavy (non-hydrogen) atoms. The first-order valence-electron chi connectivity index (χ1n) is 9.36. The summed E-state index contributed by atoms with van der Waals surface area (Å²) in [7, 11) is 0. The number of rotatable bonds is 5. The van der Waals surface area contributed by atoms with Gasteiger partial charge in [0.2, 0.25) is 5.91 Å². The molecule has 0 unspecified atom stereocenters. The normalized spacial score (nSPS) is 25.6. The molecule has 2 atom stereocenters. The summed E-state index contributed by atoms with van der Waals surface area (Å²) in [6, 6.07) is 1.73. The summed E-state index contributed by atoms with van der Waals surface area (Å²) in [6.07, 6.45) is 4.96. The first-order chi connectivity index (χ1) is 12.0. The summed E-state index contributed by atoms with van der Waals surface area (Å²) in [5, 5.41) is 6.59. The number of hydrogen-bond donors (Lipinski definition) is 1. The minimum atomic E-state index is -0.0265. The fourth-order valence-electron chi connectivity index (χ4n) is 3.92. The van der Waals surface area contributed by atoms with Crippen LogP contribution in [0.3, 0.4) is 0 Å². The van der Waals surface area contributed by atoms with Crippen LogP contribution in [0.25, 0.3) is 0 Å². The van der Waals surface area contributed by atoms with E-state index in [9.17, 15) is 4.79 Å². The quantitative estimate of drug-likeness (QED) is 0.830. The van der Waals surface area contributed by atoms with Crippen LogP contribution in [0.5, 0.6) is 0 Å². The summed E-state index contributed by atoms with van der Waals surface area (Å²) in [5.74, 6) is 2.64. The maximum atomic E-state index is 12.1. The van der Waals surface area contributed by atoms with Crippen molar-refractivity contribution in [3.8, 4) is 0 Å². The monoisotopic (exact) mass is 346 g/mol. The molecule has 138 valence electrons. The topological polar surface area (TPSA) is 61.6 Å². The number of amides is 1. The Labute approximate surface area is 150 Å². The van der Waals surface area contributed by atoms with E-state index in [2.05, 4.69) is 40.2 Å². The van der Waals surface area contributed by atoms with Crippen LogP contribution in [0.15, 0.2) is 22.2 Å². The molecular weight excluding hydrogens is 316 g/mol. The van der Waals surface area contributed by atoms with Crippen molar-refractivity contribution in [1.82, 2.24) is 15.0 Å². The van der Waals surface area contributed by atoms with Crippen molar-refractivity contribution in [2.45, 2.75) is 33.6 Å². The second-order valence-corrected chi connectivity index (χ2v) is 7.56. The minimum absolute atomic E-state index is 0.0265. The van der Waals surface area contributed by atoms with Crippen LogP contribution in [0, 0.1) is 18.8 Å². The lowest BCUT2D eigenvalue weighted by Crippen LogP contribution is -2.50. The van der Waals surface area contributed by atoms with Crippen molar-refractivity contribution in [3.05, 3.63) is 23.5 Å². The van der Waals surface area contributed by atoms with Crippen LogP contribution in [0.4, 0.5) is 5.82 Å². The van der Waals surface area contributed by atoms with Crippen LogP contribution < -0.4 is 5.32 Å². The maximum absolute atomic E-state index is 12.1. The zero-order chi connectivity index (χ0) is 17.8. The van der Waals surface area contributed by atoms with Crippen molar-refractivity contribution >= 4 is 11.7 Å². The molecule has 2 heterocycles. The van der Waals surface area contributed by atoms with Gasteiger partial charge < -0.3 is 14.7 Å². The number of nitrogens with zero attached hydrogens (tertiary/aromatic N) is 3. The van der Waals surface area contributed by atoms with Crippen molar-refractivity contribution < 1.29 is 9.32 Å². The summed E-state index contributed by atoms with van der Waals surface area (Å²) in [6.45, 7) is 12.0. The Balaban J connectivity index is 1.41. The van der Waals surface area contributed by atoms with Gasteiger partial charge in [-0.3, -0.25) is 9.69 Å². The third kappa shape index (κ3) is 4.92. The average Bonchev–Trinajstić information content (AvgIpc) is 2.97. The van der Waals surface area contributed by atoms with E-state index in [0.717, 1.165) is 38.6 Å². The van der Waals surface area contributed by atoms with Crippen LogP contribution in [-0.2, 0) is 4.79 Å². The van der Waals surface area contributed by atoms with Crippen LogP contribution in [-0.4, -0.2) is 60.1 Å². The summed E-state index contributed by atoms with van der Waals surface area (Å²) in [4.78, 5) is 16.9. The maximum Gasteiger partial charge on any atom is 0.239 e. The van der Waals surface area contributed by atoms with E-state index in [-0.39, 0.29) is 5.91 Å². The number of carbonyl (C=O) groups excluding carboxylic acids is 1. The van der Waals surface area contributed by atoms with Gasteiger partial charge >= 0.3 is 0 Å². The van der Waals surface area contributed by atoms with Gasteiger partial charge in [0.25, 0.3) is 0 Å². The molecule has 1 fully saturated rings. The van der Waals surface area contributed by atoms with Gasteiger partial charge in [0.15, 0.2) is 5.82 Å². The van der Waals surface area contributed by atoms with Gasteiger partial charge in [-0.1, -0.05) is 23.7 Å². The SMILES string of the molecule is CC1=CCC[C@@H](C)[C@@H]1CN1CCN(CC(=O)Nc2cc(C)on2)CC1. The standard InChI is InChI=1S/C19H30N4O2/c1-14-5-4-6-15(2)17(14)12-22-7-9-23(10-8-22)13-19(24)20-18-11-16(3)25-21-18/h5,11,15,17H,4,6-10,12-13H2,1-3H3,(H,20,21,24)/t15-,17-/m1/s1. The molecule has 0 bridgehead atoms. The lowest BCUT2D eigenvalue weighted by Gasteiger charge is -2.38. The molecule has 1 amide bonds. The first kappa shape index (κ1) is 18.1. The lowest BCUT2D eigenvalue weighted by molar-refractivity contribution is -0.117. The summed E-state index contributed by atoms with van der Waals surface area (Å²) < 4.78 is 4.97. The van der Waals surface area contributed by atoms with Crippen LogP contribution in [0.1, 0.15) is 32.4 Å². The highest BCUT2D eigenvalue weighted by molar-refractivity contribution is 5.91. The molecule has 2 aliphatic rings. The molecule has 1 aromatic rings. The largest absolute Gasteiger partial charge is 0.360 e. The van der Waals surface area contributed by atoms with Crippen molar-refractivity contribution in [2.24, 2.45) is 11.8 Å². The van der Waals surface area contributed by atoms with E-state index in [1.165, 1.54) is 12.8 Å². The number of anilines is 1. The molecule has 0 spiro atoms. The Bertz CT molecular complexity index is 617. The van der Waals surface area contributed by atoms with Gasteiger partial charge in [0.05, 0.1) is 6.54 Å². The number of piperazine rings is 1. The molecule has 0 saturated carbocycles. The lowest BCUT2D eigenvalue weighted by atomic mass is 9.80. The molecule has 6 nitrogen and oxygen atoms in total. The predicted octanol–water partition coefficient (Wildman–Crippen LogP) is 2.53. The number of aromatic nitrogens is 1. The molecule has 1 aliphatic heterocycles. The fourth-order valence-corrected chi connectivity index (χ4v) is 3.92. The highest BCUT2D eigenvalue weighted by Gasteiger charge is 2.26. The Morgan fingerprint density at radius 3 is 2.64 bits per heavy atom. The third-order valence-corrected chi connectivity index (χ3v) is 5.54. The fraction of sp³-hybridized carbons (Fsp3) is 0.684.